The van der Waals surface area contributed by atoms with Gasteiger partial charge in [0.2, 0.25) is 5.91 Å². The average Bonchev–Trinajstić information content (AvgIpc) is 3.34. The number of carbonyl (C=O) groups excluding carboxylic acids is 1. The van der Waals surface area contributed by atoms with Crippen molar-refractivity contribution in [2.24, 2.45) is 0 Å². The van der Waals surface area contributed by atoms with Gasteiger partial charge in [-0.05, 0) is 38.3 Å². The van der Waals surface area contributed by atoms with E-state index in [9.17, 15) is 4.79 Å². The number of carbonyl (C=O) groups is 1. The zero-order chi connectivity index (χ0) is 17.2. The molecule has 0 fully saturated rings. The van der Waals surface area contributed by atoms with Gasteiger partial charge in [0.05, 0.1) is 16.6 Å². The van der Waals surface area contributed by atoms with Gasteiger partial charge in [-0.1, -0.05) is 41.3 Å². The Morgan fingerprint density at radius 2 is 2.16 bits per heavy atom. The maximum Gasteiger partial charge on any atom is 0.238 e. The highest BCUT2D eigenvalue weighted by Gasteiger charge is 2.26. The highest BCUT2D eigenvalue weighted by Crippen LogP contribution is 2.32. The van der Waals surface area contributed by atoms with E-state index < -0.39 is 0 Å². The molecule has 1 aliphatic carbocycles. The largest absolute Gasteiger partial charge is 0.309 e. The molecule has 0 bridgehead atoms. The Hall–Kier alpha value is -2.19. The number of nitrogens with one attached hydrogen (secondary N) is 1. The fourth-order valence-corrected chi connectivity index (χ4v) is 4.54. The maximum atomic E-state index is 12.7. The molecule has 0 spiro atoms. The number of hydrogen-bond donors (Lipinski definition) is 1. The van der Waals surface area contributed by atoms with E-state index in [-0.39, 0.29) is 11.2 Å². The van der Waals surface area contributed by atoms with Gasteiger partial charge in [-0.15, -0.1) is 10.2 Å². The Kier molecular flexibility index (Phi) is 4.54. The third-order valence-electron chi connectivity index (χ3n) is 4.14. The molecule has 1 N–H and O–H groups in total. The maximum absolute atomic E-state index is 12.7. The lowest BCUT2D eigenvalue weighted by molar-refractivity contribution is -0.115. The van der Waals surface area contributed by atoms with Crippen LogP contribution in [-0.4, -0.2) is 31.1 Å². The van der Waals surface area contributed by atoms with Gasteiger partial charge in [0, 0.05) is 5.56 Å². The molecule has 1 amide bonds. The van der Waals surface area contributed by atoms with Crippen LogP contribution >= 0.6 is 23.1 Å². The molecule has 0 aliphatic heterocycles. The monoisotopic (exact) mass is 371 g/mol. The van der Waals surface area contributed by atoms with E-state index in [0.717, 1.165) is 46.4 Å². The van der Waals surface area contributed by atoms with E-state index in [2.05, 4.69) is 15.5 Å². The third kappa shape index (κ3) is 3.32. The van der Waals surface area contributed by atoms with Crippen molar-refractivity contribution in [1.82, 2.24) is 20.0 Å². The zero-order valence-corrected chi connectivity index (χ0v) is 15.3. The average molecular weight is 371 g/mol. The van der Waals surface area contributed by atoms with Crippen molar-refractivity contribution in [1.29, 1.82) is 0 Å². The Morgan fingerprint density at radius 3 is 2.92 bits per heavy atom. The van der Waals surface area contributed by atoms with Gasteiger partial charge in [-0.25, -0.2) is 4.68 Å². The van der Waals surface area contributed by atoms with Crippen molar-refractivity contribution in [3.8, 4) is 5.69 Å². The van der Waals surface area contributed by atoms with Gasteiger partial charge < -0.3 is 5.32 Å². The molecule has 1 unspecified atom stereocenters. The van der Waals surface area contributed by atoms with Crippen LogP contribution in [-0.2, 0) is 17.6 Å². The van der Waals surface area contributed by atoms with E-state index in [4.69, 9.17) is 5.10 Å². The topological polar surface area (TPSA) is 72.7 Å². The lowest BCUT2D eigenvalue weighted by Crippen LogP contribution is -2.24. The summed E-state index contributed by atoms with van der Waals surface area (Å²) >= 11 is 2.86. The van der Waals surface area contributed by atoms with Crippen molar-refractivity contribution >= 4 is 34.8 Å². The molecule has 2 aromatic heterocycles. The SMILES string of the molecule is CC(Sc1nncs1)C(=O)Nc1c2c(nn1-c1ccccc1)CCC2. The molecule has 25 heavy (non-hydrogen) atoms. The standard InChI is InChI=1S/C17H17N5OS2/c1-11(25-17-20-18-10-24-17)16(23)19-15-13-8-5-9-14(13)21-22(15)12-6-3-2-4-7-12/h2-4,6-7,10-11H,5,8-9H2,1H3,(H,19,23). The number of amides is 1. The normalized spacial score (nSPS) is 14.3. The second-order valence-corrected chi connectivity index (χ2v) is 8.25. The highest BCUT2D eigenvalue weighted by molar-refractivity contribution is 8.02. The number of hydrogen-bond acceptors (Lipinski definition) is 6. The van der Waals surface area contributed by atoms with Crippen LogP contribution in [0.3, 0.4) is 0 Å². The van der Waals surface area contributed by atoms with Crippen LogP contribution in [0.1, 0.15) is 24.6 Å². The number of aromatic nitrogens is 4. The van der Waals surface area contributed by atoms with E-state index >= 15 is 0 Å². The van der Waals surface area contributed by atoms with Crippen LogP contribution in [0.4, 0.5) is 5.82 Å². The fraction of sp³-hybridized carbons (Fsp3) is 0.294. The number of benzene rings is 1. The minimum Gasteiger partial charge on any atom is -0.309 e. The number of anilines is 1. The first-order valence-corrected chi connectivity index (χ1v) is 9.88. The minimum atomic E-state index is -0.260. The number of rotatable bonds is 5. The quantitative estimate of drug-likeness (QED) is 0.697. The summed E-state index contributed by atoms with van der Waals surface area (Å²) < 4.78 is 2.65. The molecule has 0 saturated heterocycles. The van der Waals surface area contributed by atoms with E-state index in [1.807, 2.05) is 41.9 Å². The smallest absolute Gasteiger partial charge is 0.238 e. The lowest BCUT2D eigenvalue weighted by Gasteiger charge is -2.13. The second-order valence-electron chi connectivity index (χ2n) is 5.83. The molecule has 128 valence electrons. The van der Waals surface area contributed by atoms with Gasteiger partial charge in [0.15, 0.2) is 4.34 Å². The molecular weight excluding hydrogens is 354 g/mol. The van der Waals surface area contributed by atoms with Crippen molar-refractivity contribution in [3.05, 3.63) is 47.1 Å². The summed E-state index contributed by atoms with van der Waals surface area (Å²) in [6, 6.07) is 9.91. The number of aryl methyl sites for hydroxylation is 1. The molecule has 0 saturated carbocycles. The first kappa shape index (κ1) is 16.3. The number of nitrogens with zero attached hydrogens (tertiary/aromatic N) is 4. The zero-order valence-electron chi connectivity index (χ0n) is 13.7. The molecule has 1 aromatic carbocycles. The van der Waals surface area contributed by atoms with Gasteiger partial charge >= 0.3 is 0 Å². The van der Waals surface area contributed by atoms with Crippen molar-refractivity contribution in [2.45, 2.75) is 35.8 Å². The summed E-state index contributed by atoms with van der Waals surface area (Å²) in [5.74, 6) is 0.750. The van der Waals surface area contributed by atoms with Gasteiger partial charge in [-0.3, -0.25) is 4.79 Å². The highest BCUT2D eigenvalue weighted by atomic mass is 32.2. The predicted octanol–water partition coefficient (Wildman–Crippen LogP) is 3.33. The lowest BCUT2D eigenvalue weighted by atomic mass is 10.2. The van der Waals surface area contributed by atoms with Crippen LogP contribution in [0.25, 0.3) is 5.69 Å². The molecule has 0 radical (unpaired) electrons. The Bertz CT molecular complexity index is 876. The molecule has 6 nitrogen and oxygen atoms in total. The van der Waals surface area contributed by atoms with E-state index in [1.165, 1.54) is 23.1 Å². The van der Waals surface area contributed by atoms with E-state index in [0.29, 0.717) is 0 Å². The summed E-state index contributed by atoms with van der Waals surface area (Å²) in [6.07, 6.45) is 3.01. The van der Waals surface area contributed by atoms with Gasteiger partial charge in [-0.2, -0.15) is 5.10 Å². The van der Waals surface area contributed by atoms with Crippen LogP contribution in [0, 0.1) is 0 Å². The molecule has 1 atom stereocenters. The third-order valence-corrected chi connectivity index (χ3v) is 6.05. The molecule has 4 rings (SSSR count). The van der Waals surface area contributed by atoms with Crippen LogP contribution < -0.4 is 5.32 Å². The number of thioether (sulfide) groups is 1. The molecular formula is C17H17N5OS2. The molecule has 1 aliphatic rings. The molecule has 3 aromatic rings. The fourth-order valence-electron chi connectivity index (χ4n) is 2.91. The summed E-state index contributed by atoms with van der Waals surface area (Å²) in [5, 5.41) is 15.4. The molecule has 8 heteroatoms. The predicted molar refractivity (Wildman–Crippen MR) is 99.4 cm³/mol. The summed E-state index contributed by atoms with van der Waals surface area (Å²) in [6.45, 7) is 1.88. The Morgan fingerprint density at radius 1 is 1.32 bits per heavy atom. The first-order chi connectivity index (χ1) is 12.2. The van der Waals surface area contributed by atoms with Crippen molar-refractivity contribution in [2.75, 3.05) is 5.32 Å². The number of fused-ring (bicyclic) bond motifs is 1. The minimum absolute atomic E-state index is 0.0491. The Labute approximate surface area is 153 Å². The van der Waals surface area contributed by atoms with Crippen LogP contribution in [0.5, 0.6) is 0 Å². The molecule has 2 heterocycles. The van der Waals surface area contributed by atoms with Crippen molar-refractivity contribution < 1.29 is 4.79 Å². The van der Waals surface area contributed by atoms with E-state index in [1.54, 1.807) is 5.51 Å². The Balaban J connectivity index is 1.60. The van der Waals surface area contributed by atoms with Gasteiger partial charge in [0.1, 0.15) is 11.3 Å². The summed E-state index contributed by atoms with van der Waals surface area (Å²) in [5.41, 5.74) is 4.87. The van der Waals surface area contributed by atoms with Crippen molar-refractivity contribution in [3.63, 3.8) is 0 Å². The summed E-state index contributed by atoms with van der Waals surface area (Å²) in [4.78, 5) is 12.7. The second kappa shape index (κ2) is 6.97. The first-order valence-electron chi connectivity index (χ1n) is 8.12. The van der Waals surface area contributed by atoms with Crippen LogP contribution in [0.2, 0.25) is 0 Å². The summed E-state index contributed by atoms with van der Waals surface area (Å²) in [7, 11) is 0. The number of para-hydroxylation sites is 1. The van der Waals surface area contributed by atoms with Crippen LogP contribution in [0.15, 0.2) is 40.2 Å². The van der Waals surface area contributed by atoms with Gasteiger partial charge in [0.25, 0.3) is 0 Å².